The maximum absolute atomic E-state index is 12.0. The van der Waals surface area contributed by atoms with E-state index in [1.54, 1.807) is 12.1 Å². The van der Waals surface area contributed by atoms with Crippen LogP contribution in [0, 0.1) is 16.7 Å². The summed E-state index contributed by atoms with van der Waals surface area (Å²) in [5.41, 5.74) is -0.438. The first kappa shape index (κ1) is 16.8. The van der Waals surface area contributed by atoms with Gasteiger partial charge in [-0.3, -0.25) is 4.79 Å². The zero-order valence-electron chi connectivity index (χ0n) is 11.6. The Labute approximate surface area is 120 Å². The summed E-state index contributed by atoms with van der Waals surface area (Å²) in [5, 5.41) is 11.4. The summed E-state index contributed by atoms with van der Waals surface area (Å²) >= 11 is 0. The summed E-state index contributed by atoms with van der Waals surface area (Å²) in [6.07, 6.45) is -4.38. The van der Waals surface area contributed by atoms with Crippen molar-refractivity contribution in [2.75, 3.05) is 6.61 Å². The second kappa shape index (κ2) is 6.48. The number of amides is 1. The molecular weight excluding hydrogens is 285 g/mol. The van der Waals surface area contributed by atoms with Gasteiger partial charge >= 0.3 is 6.18 Å². The molecule has 7 heteroatoms. The number of nitrogens with one attached hydrogen (secondary N) is 1. The summed E-state index contributed by atoms with van der Waals surface area (Å²) in [5.74, 6) is -0.317. The van der Waals surface area contributed by atoms with Crippen LogP contribution in [-0.2, 0) is 11.3 Å². The number of halogens is 3. The first-order valence-electron chi connectivity index (χ1n) is 6.12. The lowest BCUT2D eigenvalue weighted by Gasteiger charge is -2.15. The minimum atomic E-state index is -4.38. The van der Waals surface area contributed by atoms with E-state index in [2.05, 4.69) is 10.1 Å². The number of carbonyl (C=O) groups is 1. The van der Waals surface area contributed by atoms with Gasteiger partial charge in [0, 0.05) is 6.54 Å². The molecule has 0 saturated carbocycles. The third-order valence-corrected chi connectivity index (χ3v) is 2.63. The summed E-state index contributed by atoms with van der Waals surface area (Å²) in [6.45, 7) is 1.83. The van der Waals surface area contributed by atoms with Gasteiger partial charge in [-0.2, -0.15) is 18.4 Å². The molecule has 0 aliphatic rings. The fourth-order valence-corrected chi connectivity index (χ4v) is 1.32. The molecule has 0 radical (unpaired) electrons. The van der Waals surface area contributed by atoms with Crippen LogP contribution in [0.4, 0.5) is 13.2 Å². The van der Waals surface area contributed by atoms with Crippen molar-refractivity contribution >= 4 is 5.91 Å². The molecule has 0 atom stereocenters. The topological polar surface area (TPSA) is 62.1 Å². The molecule has 1 rings (SSSR count). The molecule has 1 N–H and O–H groups in total. The van der Waals surface area contributed by atoms with Gasteiger partial charge in [0.25, 0.3) is 0 Å². The van der Waals surface area contributed by atoms with Crippen molar-refractivity contribution in [3.05, 3.63) is 29.8 Å². The molecule has 21 heavy (non-hydrogen) atoms. The summed E-state index contributed by atoms with van der Waals surface area (Å²) in [7, 11) is 0. The molecule has 1 aromatic carbocycles. The molecule has 0 saturated heterocycles. The van der Waals surface area contributed by atoms with Crippen LogP contribution in [0.3, 0.4) is 0 Å². The maximum Gasteiger partial charge on any atom is 0.422 e. The number of rotatable bonds is 5. The number of benzene rings is 1. The molecule has 1 amide bonds. The van der Waals surface area contributed by atoms with Crippen molar-refractivity contribution in [2.24, 2.45) is 5.41 Å². The van der Waals surface area contributed by atoms with Crippen LogP contribution in [0.25, 0.3) is 0 Å². The molecule has 4 nitrogen and oxygen atoms in total. The molecule has 0 heterocycles. The third-order valence-electron chi connectivity index (χ3n) is 2.63. The predicted molar refractivity (Wildman–Crippen MR) is 69.2 cm³/mol. The van der Waals surface area contributed by atoms with Crippen LogP contribution in [0.1, 0.15) is 19.4 Å². The highest BCUT2D eigenvalue weighted by Crippen LogP contribution is 2.19. The quantitative estimate of drug-likeness (QED) is 0.909. The standard InChI is InChI=1S/C14H15F3N2O2/c1-13(2,8-18)12(20)19-7-10-3-5-11(6-4-10)21-9-14(15,16)17/h3-6H,7,9H2,1-2H3,(H,19,20). The molecule has 0 aliphatic heterocycles. The van der Waals surface area contributed by atoms with Gasteiger partial charge < -0.3 is 10.1 Å². The largest absolute Gasteiger partial charge is 0.484 e. The van der Waals surface area contributed by atoms with Crippen molar-refractivity contribution in [1.29, 1.82) is 5.26 Å². The summed E-state index contributed by atoms with van der Waals surface area (Å²) < 4.78 is 40.5. The highest BCUT2D eigenvalue weighted by Gasteiger charge is 2.28. The van der Waals surface area contributed by atoms with Crippen LogP contribution in [0.15, 0.2) is 24.3 Å². The zero-order chi connectivity index (χ0) is 16.1. The number of hydrogen-bond donors (Lipinski definition) is 1. The van der Waals surface area contributed by atoms with Crippen molar-refractivity contribution in [3.8, 4) is 11.8 Å². The SMILES string of the molecule is CC(C)(C#N)C(=O)NCc1ccc(OCC(F)(F)F)cc1. The van der Waals surface area contributed by atoms with E-state index in [9.17, 15) is 18.0 Å². The Morgan fingerprint density at radius 3 is 2.33 bits per heavy atom. The van der Waals surface area contributed by atoms with Gasteiger partial charge in [-0.25, -0.2) is 0 Å². The second-order valence-corrected chi connectivity index (χ2v) is 4.97. The van der Waals surface area contributed by atoms with E-state index in [1.165, 1.54) is 26.0 Å². The van der Waals surface area contributed by atoms with Gasteiger partial charge in [0.1, 0.15) is 11.2 Å². The molecule has 0 spiro atoms. The average Bonchev–Trinajstić information content (AvgIpc) is 2.42. The fourth-order valence-electron chi connectivity index (χ4n) is 1.32. The van der Waals surface area contributed by atoms with E-state index < -0.39 is 24.1 Å². The fraction of sp³-hybridized carbons (Fsp3) is 0.429. The third kappa shape index (κ3) is 5.73. The molecule has 0 aromatic heterocycles. The number of alkyl halides is 3. The van der Waals surface area contributed by atoms with E-state index in [0.717, 1.165) is 0 Å². The van der Waals surface area contributed by atoms with E-state index in [0.29, 0.717) is 5.56 Å². The van der Waals surface area contributed by atoms with Crippen molar-refractivity contribution < 1.29 is 22.7 Å². The van der Waals surface area contributed by atoms with Gasteiger partial charge in [0.05, 0.1) is 6.07 Å². The monoisotopic (exact) mass is 300 g/mol. The predicted octanol–water partition coefficient (Wildman–Crippen LogP) is 2.79. The van der Waals surface area contributed by atoms with Crippen LogP contribution in [0.2, 0.25) is 0 Å². The average molecular weight is 300 g/mol. The van der Waals surface area contributed by atoms with E-state index in [1.807, 2.05) is 6.07 Å². The Hall–Kier alpha value is -2.23. The number of ether oxygens (including phenoxy) is 1. The van der Waals surface area contributed by atoms with Gasteiger partial charge in [0.15, 0.2) is 6.61 Å². The summed E-state index contributed by atoms with van der Waals surface area (Å²) in [4.78, 5) is 11.7. The molecule has 0 bridgehead atoms. The summed E-state index contributed by atoms with van der Waals surface area (Å²) in [6, 6.07) is 7.76. The Balaban J connectivity index is 2.52. The smallest absolute Gasteiger partial charge is 0.422 e. The van der Waals surface area contributed by atoms with Crippen LogP contribution in [-0.4, -0.2) is 18.7 Å². The molecule has 0 aliphatic carbocycles. The number of nitriles is 1. The van der Waals surface area contributed by atoms with E-state index in [4.69, 9.17) is 5.26 Å². The van der Waals surface area contributed by atoms with Gasteiger partial charge in [-0.1, -0.05) is 12.1 Å². The Morgan fingerprint density at radius 1 is 1.29 bits per heavy atom. The van der Waals surface area contributed by atoms with Crippen LogP contribution in [0.5, 0.6) is 5.75 Å². The molecule has 114 valence electrons. The molecular formula is C14H15F3N2O2. The Morgan fingerprint density at radius 2 is 1.86 bits per heavy atom. The zero-order valence-corrected chi connectivity index (χ0v) is 11.6. The minimum Gasteiger partial charge on any atom is -0.484 e. The lowest BCUT2D eigenvalue weighted by molar-refractivity contribution is -0.153. The molecule has 0 fully saturated rings. The van der Waals surface area contributed by atoms with Crippen molar-refractivity contribution in [3.63, 3.8) is 0 Å². The Kier molecular flexibility index (Phi) is 5.19. The number of nitrogens with zero attached hydrogens (tertiary/aromatic N) is 1. The van der Waals surface area contributed by atoms with Gasteiger partial charge in [0.2, 0.25) is 5.91 Å². The van der Waals surface area contributed by atoms with E-state index >= 15 is 0 Å². The lowest BCUT2D eigenvalue weighted by Crippen LogP contribution is -2.35. The number of hydrogen-bond acceptors (Lipinski definition) is 3. The number of carbonyl (C=O) groups excluding carboxylic acids is 1. The molecule has 1 aromatic rings. The second-order valence-electron chi connectivity index (χ2n) is 4.97. The highest BCUT2D eigenvalue weighted by molar-refractivity contribution is 5.84. The first-order chi connectivity index (χ1) is 9.64. The van der Waals surface area contributed by atoms with Crippen molar-refractivity contribution in [1.82, 2.24) is 5.32 Å². The Bertz CT molecular complexity index is 531. The highest BCUT2D eigenvalue weighted by atomic mass is 19.4. The lowest BCUT2D eigenvalue weighted by atomic mass is 9.95. The normalized spacial score (nSPS) is 11.6. The molecule has 0 unspecified atom stereocenters. The van der Waals surface area contributed by atoms with Gasteiger partial charge in [-0.05, 0) is 31.5 Å². The van der Waals surface area contributed by atoms with E-state index in [-0.39, 0.29) is 12.3 Å². The maximum atomic E-state index is 12.0. The first-order valence-corrected chi connectivity index (χ1v) is 6.12. The van der Waals surface area contributed by atoms with Crippen LogP contribution >= 0.6 is 0 Å². The van der Waals surface area contributed by atoms with Gasteiger partial charge in [-0.15, -0.1) is 0 Å². The van der Waals surface area contributed by atoms with Crippen molar-refractivity contribution in [2.45, 2.75) is 26.6 Å². The minimum absolute atomic E-state index is 0.0970. The van der Waals surface area contributed by atoms with Crippen LogP contribution < -0.4 is 10.1 Å².